The van der Waals surface area contributed by atoms with Gasteiger partial charge < -0.3 is 19.7 Å². The molecule has 4 nitrogen and oxygen atoms in total. The van der Waals surface area contributed by atoms with E-state index in [0.717, 1.165) is 45.0 Å². The Morgan fingerprint density at radius 3 is 2.75 bits per heavy atom. The van der Waals surface area contributed by atoms with Gasteiger partial charge in [0.05, 0.1) is 26.0 Å². The number of hydrogen-bond donors (Lipinski definition) is 1. The molecular formula is C16H26N2O2. The standard InChI is InChI=1S/C16H26N2O2/c1-4-13(2)17-12-14-5-6-15(16(11-14)19-3)18-7-9-20-10-8-18/h5-6,11,13,17H,4,7-10,12H2,1-3H3. The van der Waals surface area contributed by atoms with Crippen LogP contribution >= 0.6 is 0 Å². The molecule has 20 heavy (non-hydrogen) atoms. The summed E-state index contributed by atoms with van der Waals surface area (Å²) in [4.78, 5) is 2.33. The van der Waals surface area contributed by atoms with E-state index in [1.807, 2.05) is 0 Å². The average Bonchev–Trinajstić information content (AvgIpc) is 2.53. The summed E-state index contributed by atoms with van der Waals surface area (Å²) in [6.45, 7) is 8.73. The predicted octanol–water partition coefficient (Wildman–Crippen LogP) is 2.42. The normalized spacial score (nSPS) is 17.1. The fraction of sp³-hybridized carbons (Fsp3) is 0.625. The minimum Gasteiger partial charge on any atom is -0.495 e. The van der Waals surface area contributed by atoms with Gasteiger partial charge in [-0.3, -0.25) is 0 Å². The molecule has 1 aliphatic rings. The summed E-state index contributed by atoms with van der Waals surface area (Å²) in [6, 6.07) is 7.03. The number of benzene rings is 1. The van der Waals surface area contributed by atoms with E-state index in [-0.39, 0.29) is 0 Å². The van der Waals surface area contributed by atoms with Gasteiger partial charge in [0, 0.05) is 25.7 Å². The summed E-state index contributed by atoms with van der Waals surface area (Å²) >= 11 is 0. The molecule has 2 rings (SSSR count). The van der Waals surface area contributed by atoms with Crippen LogP contribution in [0.1, 0.15) is 25.8 Å². The van der Waals surface area contributed by atoms with Crippen molar-refractivity contribution >= 4 is 5.69 Å². The van der Waals surface area contributed by atoms with Crippen molar-refractivity contribution in [2.24, 2.45) is 0 Å². The predicted molar refractivity (Wildman–Crippen MR) is 82.6 cm³/mol. The molecule has 1 aromatic rings. The van der Waals surface area contributed by atoms with Crippen LogP contribution < -0.4 is 15.0 Å². The molecule has 1 heterocycles. The molecule has 1 fully saturated rings. The Labute approximate surface area is 122 Å². The summed E-state index contributed by atoms with van der Waals surface area (Å²) in [7, 11) is 1.74. The molecular weight excluding hydrogens is 252 g/mol. The third kappa shape index (κ3) is 3.87. The molecule has 1 atom stereocenters. The number of methoxy groups -OCH3 is 1. The number of nitrogens with one attached hydrogen (secondary N) is 1. The van der Waals surface area contributed by atoms with Crippen LogP contribution in [0.2, 0.25) is 0 Å². The van der Waals surface area contributed by atoms with Crippen LogP contribution in [0.4, 0.5) is 5.69 Å². The summed E-state index contributed by atoms with van der Waals surface area (Å²) in [5, 5.41) is 3.51. The molecule has 1 aliphatic heterocycles. The lowest BCUT2D eigenvalue weighted by Gasteiger charge is -2.30. The largest absolute Gasteiger partial charge is 0.495 e. The zero-order valence-electron chi connectivity index (χ0n) is 12.8. The van der Waals surface area contributed by atoms with Gasteiger partial charge in [-0.2, -0.15) is 0 Å². The number of morpholine rings is 1. The van der Waals surface area contributed by atoms with Gasteiger partial charge in [0.15, 0.2) is 0 Å². The molecule has 0 aliphatic carbocycles. The molecule has 1 N–H and O–H groups in total. The van der Waals surface area contributed by atoms with Crippen molar-refractivity contribution in [3.8, 4) is 5.75 Å². The highest BCUT2D eigenvalue weighted by Crippen LogP contribution is 2.30. The quantitative estimate of drug-likeness (QED) is 0.866. The Kier molecular flexibility index (Phi) is 5.68. The summed E-state index contributed by atoms with van der Waals surface area (Å²) in [6.07, 6.45) is 1.14. The van der Waals surface area contributed by atoms with Crippen LogP contribution in [0.5, 0.6) is 5.75 Å². The molecule has 0 bridgehead atoms. The van der Waals surface area contributed by atoms with Crippen molar-refractivity contribution < 1.29 is 9.47 Å². The van der Waals surface area contributed by atoms with Crippen LogP contribution in [0, 0.1) is 0 Å². The van der Waals surface area contributed by atoms with Crippen molar-refractivity contribution in [2.75, 3.05) is 38.3 Å². The second kappa shape index (κ2) is 7.50. The summed E-state index contributed by atoms with van der Waals surface area (Å²) < 4.78 is 11.0. The first-order chi connectivity index (χ1) is 9.74. The van der Waals surface area contributed by atoms with Gasteiger partial charge in [-0.05, 0) is 31.0 Å². The van der Waals surface area contributed by atoms with Crippen molar-refractivity contribution in [2.45, 2.75) is 32.9 Å². The third-order valence-corrected chi connectivity index (χ3v) is 3.86. The van der Waals surface area contributed by atoms with Gasteiger partial charge in [-0.15, -0.1) is 0 Å². The van der Waals surface area contributed by atoms with Crippen LogP contribution in [0.15, 0.2) is 18.2 Å². The lowest BCUT2D eigenvalue weighted by molar-refractivity contribution is 0.122. The number of rotatable bonds is 6. The number of ether oxygens (including phenoxy) is 2. The average molecular weight is 278 g/mol. The van der Waals surface area contributed by atoms with Crippen LogP contribution in [0.25, 0.3) is 0 Å². The maximum Gasteiger partial charge on any atom is 0.142 e. The van der Waals surface area contributed by atoms with Gasteiger partial charge >= 0.3 is 0 Å². The van der Waals surface area contributed by atoms with E-state index in [1.165, 1.54) is 11.3 Å². The monoisotopic (exact) mass is 278 g/mol. The second-order valence-corrected chi connectivity index (χ2v) is 5.30. The Balaban J connectivity index is 2.06. The first-order valence-electron chi connectivity index (χ1n) is 7.47. The minimum absolute atomic E-state index is 0.542. The molecule has 4 heteroatoms. The minimum atomic E-state index is 0.542. The van der Waals surface area contributed by atoms with E-state index in [0.29, 0.717) is 6.04 Å². The Morgan fingerprint density at radius 1 is 1.35 bits per heavy atom. The van der Waals surface area contributed by atoms with E-state index in [1.54, 1.807) is 7.11 Å². The molecule has 0 spiro atoms. The Bertz CT molecular complexity index is 417. The molecule has 0 amide bonds. The highest BCUT2D eigenvalue weighted by atomic mass is 16.5. The van der Waals surface area contributed by atoms with Crippen molar-refractivity contribution in [1.82, 2.24) is 5.32 Å². The summed E-state index contributed by atoms with van der Waals surface area (Å²) in [5.41, 5.74) is 2.43. The zero-order valence-corrected chi connectivity index (χ0v) is 12.8. The molecule has 0 radical (unpaired) electrons. The highest BCUT2D eigenvalue weighted by Gasteiger charge is 2.15. The first-order valence-corrected chi connectivity index (χ1v) is 7.47. The van der Waals surface area contributed by atoms with Gasteiger partial charge in [0.2, 0.25) is 0 Å². The molecule has 1 unspecified atom stereocenters. The topological polar surface area (TPSA) is 33.7 Å². The highest BCUT2D eigenvalue weighted by molar-refractivity contribution is 5.60. The van der Waals surface area contributed by atoms with Crippen molar-refractivity contribution in [1.29, 1.82) is 0 Å². The van der Waals surface area contributed by atoms with Gasteiger partial charge in [0.1, 0.15) is 5.75 Å². The number of hydrogen-bond acceptors (Lipinski definition) is 4. The lowest BCUT2D eigenvalue weighted by atomic mass is 10.1. The second-order valence-electron chi connectivity index (χ2n) is 5.30. The van der Waals surface area contributed by atoms with Crippen molar-refractivity contribution in [3.63, 3.8) is 0 Å². The van der Waals surface area contributed by atoms with Gasteiger partial charge in [0.25, 0.3) is 0 Å². The molecule has 1 aromatic carbocycles. The number of nitrogens with zero attached hydrogens (tertiary/aromatic N) is 1. The number of anilines is 1. The maximum absolute atomic E-state index is 5.56. The van der Waals surface area contributed by atoms with Crippen LogP contribution in [-0.4, -0.2) is 39.5 Å². The van der Waals surface area contributed by atoms with E-state index in [2.05, 4.69) is 42.3 Å². The van der Waals surface area contributed by atoms with Crippen LogP contribution in [-0.2, 0) is 11.3 Å². The van der Waals surface area contributed by atoms with E-state index in [4.69, 9.17) is 9.47 Å². The molecule has 0 saturated carbocycles. The van der Waals surface area contributed by atoms with E-state index < -0.39 is 0 Å². The lowest BCUT2D eigenvalue weighted by Crippen LogP contribution is -2.36. The zero-order chi connectivity index (χ0) is 14.4. The summed E-state index contributed by atoms with van der Waals surface area (Å²) in [5.74, 6) is 0.954. The SMILES string of the molecule is CCC(C)NCc1ccc(N2CCOCC2)c(OC)c1. The Hall–Kier alpha value is -1.26. The first kappa shape index (κ1) is 15.1. The third-order valence-electron chi connectivity index (χ3n) is 3.86. The fourth-order valence-corrected chi connectivity index (χ4v) is 2.33. The molecule has 1 saturated heterocycles. The molecule has 0 aromatic heterocycles. The maximum atomic E-state index is 5.56. The fourth-order valence-electron chi connectivity index (χ4n) is 2.33. The smallest absolute Gasteiger partial charge is 0.142 e. The Morgan fingerprint density at radius 2 is 2.10 bits per heavy atom. The van der Waals surface area contributed by atoms with Crippen LogP contribution in [0.3, 0.4) is 0 Å². The van der Waals surface area contributed by atoms with Crippen molar-refractivity contribution in [3.05, 3.63) is 23.8 Å². The van der Waals surface area contributed by atoms with Gasteiger partial charge in [-0.1, -0.05) is 13.0 Å². The molecule has 112 valence electrons. The van der Waals surface area contributed by atoms with E-state index in [9.17, 15) is 0 Å². The van der Waals surface area contributed by atoms with E-state index >= 15 is 0 Å². The van der Waals surface area contributed by atoms with Gasteiger partial charge in [-0.25, -0.2) is 0 Å².